The minimum absolute atomic E-state index is 0.0885. The third-order valence-corrected chi connectivity index (χ3v) is 2.96. The Balaban J connectivity index is 2.23. The predicted molar refractivity (Wildman–Crippen MR) is 77.6 cm³/mol. The van der Waals surface area contributed by atoms with E-state index in [-0.39, 0.29) is 12.1 Å². The van der Waals surface area contributed by atoms with Crippen molar-refractivity contribution in [3.8, 4) is 5.75 Å². The van der Waals surface area contributed by atoms with Crippen LogP contribution in [0.2, 0.25) is 0 Å². The fraction of sp³-hybridized carbons (Fsp3) is 0.533. The maximum atomic E-state index is 11.6. The zero-order valence-corrected chi connectivity index (χ0v) is 12.0. The van der Waals surface area contributed by atoms with Crippen molar-refractivity contribution >= 4 is 6.03 Å². The first kappa shape index (κ1) is 15.3. The molecule has 1 aromatic carbocycles. The highest BCUT2D eigenvalue weighted by Gasteiger charge is 2.05. The molecule has 0 aliphatic rings. The quantitative estimate of drug-likeness (QED) is 0.795. The molecule has 2 amide bonds. The van der Waals surface area contributed by atoms with Crippen LogP contribution in [0.4, 0.5) is 4.79 Å². The largest absolute Gasteiger partial charge is 0.497 e. The van der Waals surface area contributed by atoms with Crippen LogP contribution in [0.1, 0.15) is 32.3 Å². The molecule has 4 nitrogen and oxygen atoms in total. The molecule has 0 heterocycles. The van der Waals surface area contributed by atoms with E-state index < -0.39 is 0 Å². The van der Waals surface area contributed by atoms with E-state index in [1.807, 2.05) is 31.2 Å². The molecule has 0 aliphatic carbocycles. The van der Waals surface area contributed by atoms with E-state index in [4.69, 9.17) is 4.74 Å². The molecule has 1 rings (SSSR count). The summed E-state index contributed by atoms with van der Waals surface area (Å²) in [4.78, 5) is 11.6. The first-order valence-corrected chi connectivity index (χ1v) is 6.83. The fourth-order valence-corrected chi connectivity index (χ4v) is 1.89. The lowest BCUT2D eigenvalue weighted by molar-refractivity contribution is 0.237. The van der Waals surface area contributed by atoms with Gasteiger partial charge in [0.1, 0.15) is 5.75 Å². The molecule has 2 N–H and O–H groups in total. The van der Waals surface area contributed by atoms with Gasteiger partial charge >= 0.3 is 6.03 Å². The van der Waals surface area contributed by atoms with E-state index in [0.29, 0.717) is 6.54 Å². The van der Waals surface area contributed by atoms with Gasteiger partial charge in [-0.05, 0) is 37.5 Å². The fourth-order valence-electron chi connectivity index (χ4n) is 1.89. The second-order valence-corrected chi connectivity index (χ2v) is 4.69. The molecule has 19 heavy (non-hydrogen) atoms. The van der Waals surface area contributed by atoms with Crippen LogP contribution in [-0.4, -0.2) is 25.7 Å². The van der Waals surface area contributed by atoms with Crippen LogP contribution in [0.25, 0.3) is 0 Å². The first-order valence-electron chi connectivity index (χ1n) is 6.83. The van der Waals surface area contributed by atoms with Gasteiger partial charge in [0.25, 0.3) is 0 Å². The molecule has 0 aliphatic heterocycles. The van der Waals surface area contributed by atoms with E-state index in [2.05, 4.69) is 17.6 Å². The molecule has 0 spiro atoms. The number of carbonyl (C=O) groups excluding carboxylic acids is 1. The third kappa shape index (κ3) is 6.13. The maximum absolute atomic E-state index is 11.6. The number of benzene rings is 1. The Bertz CT molecular complexity index is 376. The number of methoxy groups -OCH3 is 1. The molecule has 0 bridgehead atoms. The Labute approximate surface area is 115 Å². The second kappa shape index (κ2) is 8.40. The summed E-state index contributed by atoms with van der Waals surface area (Å²) in [6, 6.07) is 8.02. The van der Waals surface area contributed by atoms with Gasteiger partial charge in [-0.1, -0.05) is 25.5 Å². The maximum Gasteiger partial charge on any atom is 0.315 e. The van der Waals surface area contributed by atoms with Crippen LogP contribution in [0.5, 0.6) is 5.75 Å². The molecule has 0 radical (unpaired) electrons. The van der Waals surface area contributed by atoms with Crippen molar-refractivity contribution in [2.24, 2.45) is 0 Å². The molecule has 0 fully saturated rings. The number of urea groups is 1. The van der Waals surface area contributed by atoms with Gasteiger partial charge in [0.05, 0.1) is 7.11 Å². The van der Waals surface area contributed by atoms with Crippen molar-refractivity contribution in [1.82, 2.24) is 10.6 Å². The normalized spacial score (nSPS) is 11.7. The van der Waals surface area contributed by atoms with Crippen molar-refractivity contribution in [2.45, 2.75) is 39.2 Å². The molecule has 0 saturated carbocycles. The van der Waals surface area contributed by atoms with Gasteiger partial charge in [-0.3, -0.25) is 0 Å². The summed E-state index contributed by atoms with van der Waals surface area (Å²) in [7, 11) is 1.65. The predicted octanol–water partition coefficient (Wildman–Crippen LogP) is 2.73. The minimum Gasteiger partial charge on any atom is -0.497 e. The highest BCUT2D eigenvalue weighted by molar-refractivity contribution is 5.74. The lowest BCUT2D eigenvalue weighted by Crippen LogP contribution is -2.41. The summed E-state index contributed by atoms with van der Waals surface area (Å²) in [6.07, 6.45) is 2.90. The number of carbonyl (C=O) groups is 1. The number of nitrogens with one attached hydrogen (secondary N) is 2. The lowest BCUT2D eigenvalue weighted by atomic mass is 10.1. The van der Waals surface area contributed by atoms with Crippen molar-refractivity contribution in [1.29, 1.82) is 0 Å². The van der Waals surface area contributed by atoms with Gasteiger partial charge < -0.3 is 15.4 Å². The Hall–Kier alpha value is -1.71. The zero-order chi connectivity index (χ0) is 14.1. The number of ether oxygens (including phenoxy) is 1. The van der Waals surface area contributed by atoms with Gasteiger partial charge in [0.2, 0.25) is 0 Å². The average molecular weight is 264 g/mol. The molecule has 4 heteroatoms. The van der Waals surface area contributed by atoms with E-state index in [0.717, 1.165) is 25.0 Å². The Kier molecular flexibility index (Phi) is 6.79. The monoisotopic (exact) mass is 264 g/mol. The highest BCUT2D eigenvalue weighted by atomic mass is 16.5. The molecule has 1 atom stereocenters. The molecular weight excluding hydrogens is 240 g/mol. The van der Waals surface area contributed by atoms with Crippen LogP contribution in [0.3, 0.4) is 0 Å². The molecule has 1 aromatic rings. The van der Waals surface area contributed by atoms with Crippen molar-refractivity contribution in [3.63, 3.8) is 0 Å². The van der Waals surface area contributed by atoms with Gasteiger partial charge in [-0.25, -0.2) is 4.79 Å². The Morgan fingerprint density at radius 3 is 2.58 bits per heavy atom. The number of hydrogen-bond donors (Lipinski definition) is 2. The van der Waals surface area contributed by atoms with Crippen LogP contribution in [0.15, 0.2) is 24.3 Å². The molecule has 0 unspecified atom stereocenters. The molecular formula is C15H24N2O2. The Morgan fingerprint density at radius 1 is 1.32 bits per heavy atom. The minimum atomic E-state index is -0.0885. The van der Waals surface area contributed by atoms with Crippen LogP contribution < -0.4 is 15.4 Å². The third-order valence-electron chi connectivity index (χ3n) is 2.96. The van der Waals surface area contributed by atoms with E-state index in [9.17, 15) is 4.79 Å². The summed E-state index contributed by atoms with van der Waals surface area (Å²) in [5.41, 5.74) is 1.18. The summed E-state index contributed by atoms with van der Waals surface area (Å²) in [5, 5.41) is 5.78. The van der Waals surface area contributed by atoms with Crippen LogP contribution in [-0.2, 0) is 6.42 Å². The molecule has 0 saturated heterocycles. The number of hydrogen-bond acceptors (Lipinski definition) is 2. The van der Waals surface area contributed by atoms with Crippen molar-refractivity contribution in [2.75, 3.05) is 13.7 Å². The number of rotatable bonds is 7. The van der Waals surface area contributed by atoms with Crippen LogP contribution >= 0.6 is 0 Å². The van der Waals surface area contributed by atoms with Gasteiger partial charge in [-0.2, -0.15) is 0 Å². The molecule has 106 valence electrons. The molecule has 0 aromatic heterocycles. The van der Waals surface area contributed by atoms with Crippen LogP contribution in [0, 0.1) is 0 Å². The van der Waals surface area contributed by atoms with Crippen molar-refractivity contribution in [3.05, 3.63) is 29.8 Å². The topological polar surface area (TPSA) is 50.4 Å². The highest BCUT2D eigenvalue weighted by Crippen LogP contribution is 2.11. The average Bonchev–Trinajstić information content (AvgIpc) is 2.39. The smallest absolute Gasteiger partial charge is 0.315 e. The van der Waals surface area contributed by atoms with E-state index in [1.54, 1.807) is 7.11 Å². The number of amides is 2. The first-order chi connectivity index (χ1) is 9.15. The summed E-state index contributed by atoms with van der Waals surface area (Å²) in [5.74, 6) is 0.850. The van der Waals surface area contributed by atoms with Gasteiger partial charge in [-0.15, -0.1) is 0 Å². The summed E-state index contributed by atoms with van der Waals surface area (Å²) >= 11 is 0. The summed E-state index contributed by atoms with van der Waals surface area (Å²) < 4.78 is 5.10. The SMILES string of the molecule is CCC[C@H](C)NC(=O)NCCc1ccc(OC)cc1. The van der Waals surface area contributed by atoms with Crippen molar-refractivity contribution < 1.29 is 9.53 Å². The van der Waals surface area contributed by atoms with E-state index in [1.165, 1.54) is 5.56 Å². The van der Waals surface area contributed by atoms with Gasteiger partial charge in [0, 0.05) is 12.6 Å². The second-order valence-electron chi connectivity index (χ2n) is 4.69. The standard InChI is InChI=1S/C15H24N2O2/c1-4-5-12(2)17-15(18)16-11-10-13-6-8-14(19-3)9-7-13/h6-9,12H,4-5,10-11H2,1-3H3,(H2,16,17,18)/t12-/m0/s1. The summed E-state index contributed by atoms with van der Waals surface area (Å²) in [6.45, 7) is 4.77. The lowest BCUT2D eigenvalue weighted by Gasteiger charge is -2.13. The van der Waals surface area contributed by atoms with Gasteiger partial charge in [0.15, 0.2) is 0 Å². The zero-order valence-electron chi connectivity index (χ0n) is 12.0. The Morgan fingerprint density at radius 2 is 2.00 bits per heavy atom. The van der Waals surface area contributed by atoms with E-state index >= 15 is 0 Å².